The first-order valence-electron chi connectivity index (χ1n) is 9.48. The number of methoxy groups -OCH3 is 2. The molecule has 0 amide bonds. The van der Waals surface area contributed by atoms with E-state index in [0.29, 0.717) is 35.6 Å². The Hall–Kier alpha value is -3.01. The number of para-hydroxylation sites is 1. The summed E-state index contributed by atoms with van der Waals surface area (Å²) in [7, 11) is 3.15. The highest BCUT2D eigenvalue weighted by Gasteiger charge is 2.13. The van der Waals surface area contributed by atoms with Crippen molar-refractivity contribution in [3.8, 4) is 23.1 Å². The van der Waals surface area contributed by atoms with Crippen molar-refractivity contribution in [2.75, 3.05) is 19.5 Å². The first-order chi connectivity index (χ1) is 14.5. The van der Waals surface area contributed by atoms with Crippen LogP contribution in [0.4, 0.5) is 5.69 Å². The molecule has 7 nitrogen and oxygen atoms in total. The second kappa shape index (κ2) is 11.4. The van der Waals surface area contributed by atoms with Crippen molar-refractivity contribution in [1.82, 2.24) is 4.98 Å². The van der Waals surface area contributed by atoms with Crippen LogP contribution in [0.5, 0.6) is 23.1 Å². The number of nitrogens with two attached hydrogens (primary N) is 1. The van der Waals surface area contributed by atoms with E-state index in [2.05, 4.69) is 29.1 Å². The van der Waals surface area contributed by atoms with E-state index in [0.717, 1.165) is 11.3 Å². The zero-order chi connectivity index (χ0) is 21.5. The van der Waals surface area contributed by atoms with Crippen LogP contribution >= 0.6 is 24.0 Å². The molecule has 0 atom stereocenters. The molecule has 0 saturated carbocycles. The average molecular weight is 534 g/mol. The third-order valence-electron chi connectivity index (χ3n) is 4.60. The Morgan fingerprint density at radius 2 is 1.71 bits per heavy atom. The van der Waals surface area contributed by atoms with Crippen molar-refractivity contribution < 1.29 is 14.2 Å². The molecule has 3 N–H and O–H groups in total. The number of aryl methyl sites for hydroxylation is 2. The van der Waals surface area contributed by atoms with Crippen LogP contribution < -0.4 is 25.3 Å². The number of aliphatic imine (C=N–C) groups is 1. The molecule has 1 heterocycles. The largest absolute Gasteiger partial charge is 0.493 e. The number of benzene rings is 2. The summed E-state index contributed by atoms with van der Waals surface area (Å²) in [6.45, 7) is 4.53. The highest BCUT2D eigenvalue weighted by molar-refractivity contribution is 14.0. The van der Waals surface area contributed by atoms with Crippen LogP contribution in [0, 0.1) is 13.8 Å². The summed E-state index contributed by atoms with van der Waals surface area (Å²) in [5.41, 5.74) is 10.2. The van der Waals surface area contributed by atoms with Crippen LogP contribution in [0.25, 0.3) is 0 Å². The van der Waals surface area contributed by atoms with E-state index >= 15 is 0 Å². The number of ether oxygens (including phenoxy) is 3. The minimum absolute atomic E-state index is 0. The highest BCUT2D eigenvalue weighted by Crippen LogP contribution is 2.39. The normalized spacial score (nSPS) is 10.8. The molecule has 31 heavy (non-hydrogen) atoms. The number of aromatic nitrogens is 1. The van der Waals surface area contributed by atoms with E-state index in [9.17, 15) is 0 Å². The smallest absolute Gasteiger partial charge is 0.219 e. The van der Waals surface area contributed by atoms with Crippen molar-refractivity contribution in [2.24, 2.45) is 10.7 Å². The zero-order valence-corrected chi connectivity index (χ0v) is 20.3. The highest BCUT2D eigenvalue weighted by atomic mass is 127. The second-order valence-corrected chi connectivity index (χ2v) is 6.72. The molecule has 164 valence electrons. The Morgan fingerprint density at radius 1 is 1.00 bits per heavy atom. The Morgan fingerprint density at radius 3 is 2.29 bits per heavy atom. The number of nitrogens with one attached hydrogen (secondary N) is 1. The molecule has 3 rings (SSSR count). The number of anilines is 1. The lowest BCUT2D eigenvalue weighted by molar-refractivity contribution is 0.342. The van der Waals surface area contributed by atoms with Gasteiger partial charge >= 0.3 is 0 Å². The first-order valence-corrected chi connectivity index (χ1v) is 9.48. The molecule has 0 spiro atoms. The van der Waals surface area contributed by atoms with Gasteiger partial charge in [0.15, 0.2) is 17.5 Å². The van der Waals surface area contributed by atoms with Crippen LogP contribution in [0.15, 0.2) is 59.7 Å². The van der Waals surface area contributed by atoms with Gasteiger partial charge in [-0.05, 0) is 54.8 Å². The van der Waals surface area contributed by atoms with Crippen molar-refractivity contribution >= 4 is 35.6 Å². The molecular weight excluding hydrogens is 507 g/mol. The van der Waals surface area contributed by atoms with Gasteiger partial charge in [-0.1, -0.05) is 18.2 Å². The Labute approximate surface area is 199 Å². The van der Waals surface area contributed by atoms with Crippen LogP contribution in [-0.2, 0) is 6.54 Å². The predicted octanol–water partition coefficient (Wildman–Crippen LogP) is 5.05. The topological polar surface area (TPSA) is 91.0 Å². The third-order valence-corrected chi connectivity index (χ3v) is 4.60. The van der Waals surface area contributed by atoms with Gasteiger partial charge in [-0.15, -0.1) is 24.0 Å². The number of rotatable bonds is 7. The molecule has 0 aliphatic carbocycles. The van der Waals surface area contributed by atoms with Crippen LogP contribution in [0.3, 0.4) is 0 Å². The van der Waals surface area contributed by atoms with E-state index < -0.39 is 0 Å². The molecule has 8 heteroatoms. The Kier molecular flexibility index (Phi) is 8.92. The molecule has 0 fully saturated rings. The van der Waals surface area contributed by atoms with Gasteiger partial charge in [-0.2, -0.15) is 0 Å². The average Bonchev–Trinajstić information content (AvgIpc) is 2.76. The summed E-state index contributed by atoms with van der Waals surface area (Å²) in [5.74, 6) is 2.37. The number of guanidine groups is 1. The van der Waals surface area contributed by atoms with Crippen molar-refractivity contribution in [3.63, 3.8) is 0 Å². The molecule has 1 aromatic heterocycles. The molecule has 0 aliphatic rings. The van der Waals surface area contributed by atoms with Crippen LogP contribution in [-0.4, -0.2) is 25.2 Å². The molecule has 0 unspecified atom stereocenters. The van der Waals surface area contributed by atoms with E-state index in [1.165, 1.54) is 11.1 Å². The van der Waals surface area contributed by atoms with Crippen LogP contribution in [0.1, 0.15) is 16.7 Å². The van der Waals surface area contributed by atoms with Gasteiger partial charge in [-0.3, -0.25) is 0 Å². The van der Waals surface area contributed by atoms with Gasteiger partial charge in [-0.25, -0.2) is 9.98 Å². The standard InChI is InChI=1S/C23H26N4O3.HI/c1-15-8-10-18(12-16(15)2)27-23(24)26-14-17-9-11-21(25-13-17)30-22-19(28-3)6-5-7-20(22)29-4;/h5-13H,14H2,1-4H3,(H3,24,26,27);1H. The number of nitrogens with zero attached hydrogens (tertiary/aromatic N) is 2. The van der Waals surface area contributed by atoms with Crippen molar-refractivity contribution in [2.45, 2.75) is 20.4 Å². The molecule has 0 saturated heterocycles. The molecular formula is C23H27IN4O3. The molecule has 0 radical (unpaired) electrons. The number of hydrogen-bond donors (Lipinski definition) is 2. The van der Waals surface area contributed by atoms with Crippen molar-refractivity contribution in [3.05, 3.63) is 71.4 Å². The summed E-state index contributed by atoms with van der Waals surface area (Å²) in [6.07, 6.45) is 1.70. The summed E-state index contributed by atoms with van der Waals surface area (Å²) < 4.78 is 16.5. The van der Waals surface area contributed by atoms with Gasteiger partial charge < -0.3 is 25.3 Å². The fourth-order valence-corrected chi connectivity index (χ4v) is 2.77. The lowest BCUT2D eigenvalue weighted by Crippen LogP contribution is -2.22. The lowest BCUT2D eigenvalue weighted by atomic mass is 10.1. The number of pyridine rings is 1. The van der Waals surface area contributed by atoms with Gasteiger partial charge in [0.1, 0.15) is 0 Å². The molecule has 0 aliphatic heterocycles. The lowest BCUT2D eigenvalue weighted by Gasteiger charge is -2.13. The maximum absolute atomic E-state index is 6.00. The predicted molar refractivity (Wildman–Crippen MR) is 134 cm³/mol. The molecule has 2 aromatic carbocycles. The van der Waals surface area contributed by atoms with Gasteiger partial charge in [0, 0.05) is 18.0 Å². The van der Waals surface area contributed by atoms with E-state index in [1.807, 2.05) is 30.3 Å². The molecule has 3 aromatic rings. The number of halogens is 1. The minimum Gasteiger partial charge on any atom is -0.493 e. The quantitative estimate of drug-likeness (QED) is 0.251. The van der Waals surface area contributed by atoms with E-state index in [1.54, 1.807) is 38.6 Å². The summed E-state index contributed by atoms with van der Waals surface area (Å²) >= 11 is 0. The maximum Gasteiger partial charge on any atom is 0.219 e. The summed E-state index contributed by atoms with van der Waals surface area (Å²) in [5, 5.41) is 3.10. The summed E-state index contributed by atoms with van der Waals surface area (Å²) in [6, 6.07) is 15.1. The van der Waals surface area contributed by atoms with Gasteiger partial charge in [0.2, 0.25) is 11.6 Å². The van der Waals surface area contributed by atoms with E-state index in [4.69, 9.17) is 19.9 Å². The number of hydrogen-bond acceptors (Lipinski definition) is 5. The second-order valence-electron chi connectivity index (χ2n) is 6.72. The maximum atomic E-state index is 6.00. The zero-order valence-electron chi connectivity index (χ0n) is 18.0. The van der Waals surface area contributed by atoms with Crippen LogP contribution in [0.2, 0.25) is 0 Å². The monoisotopic (exact) mass is 534 g/mol. The fraction of sp³-hybridized carbons (Fsp3) is 0.217. The SMILES string of the molecule is COc1cccc(OC)c1Oc1ccc(CN=C(N)Nc2ccc(C)c(C)c2)cn1.I. The fourth-order valence-electron chi connectivity index (χ4n) is 2.77. The Balaban J connectivity index is 0.00000341. The first kappa shape index (κ1) is 24.3. The molecule has 0 bridgehead atoms. The van der Waals surface area contributed by atoms with E-state index in [-0.39, 0.29) is 24.0 Å². The Bertz CT molecular complexity index is 1020. The van der Waals surface area contributed by atoms with Gasteiger partial charge in [0.25, 0.3) is 0 Å². The summed E-state index contributed by atoms with van der Waals surface area (Å²) in [4.78, 5) is 8.72. The third kappa shape index (κ3) is 6.48. The van der Waals surface area contributed by atoms with Crippen molar-refractivity contribution in [1.29, 1.82) is 0 Å². The minimum atomic E-state index is 0. The van der Waals surface area contributed by atoms with Gasteiger partial charge in [0.05, 0.1) is 20.8 Å².